The summed E-state index contributed by atoms with van der Waals surface area (Å²) in [5.74, 6) is -0.498. The molecule has 2 aliphatic rings. The lowest BCUT2D eigenvalue weighted by molar-refractivity contribution is -0.136. The van der Waals surface area contributed by atoms with Gasteiger partial charge in [-0.2, -0.15) is 0 Å². The van der Waals surface area contributed by atoms with Gasteiger partial charge >= 0.3 is 5.97 Å². The quantitative estimate of drug-likeness (QED) is 0.641. The molecule has 2 aliphatic heterocycles. The second-order valence-electron chi connectivity index (χ2n) is 8.17. The summed E-state index contributed by atoms with van der Waals surface area (Å²) >= 11 is 7.78. The maximum Gasteiger partial charge on any atom is 0.338 e. The number of halogens is 2. The van der Waals surface area contributed by atoms with Gasteiger partial charge in [0.2, 0.25) is 0 Å². The van der Waals surface area contributed by atoms with Crippen molar-refractivity contribution < 1.29 is 19.0 Å². The predicted octanol–water partition coefficient (Wildman–Crippen LogP) is 3.30. The lowest BCUT2D eigenvalue weighted by Crippen LogP contribution is -2.46. The van der Waals surface area contributed by atoms with Crippen molar-refractivity contribution in [2.45, 2.75) is 31.4 Å². The van der Waals surface area contributed by atoms with E-state index < -0.39 is 23.4 Å². The molecule has 10 heteroatoms. The molecule has 1 atom stereocenters. The van der Waals surface area contributed by atoms with E-state index in [9.17, 15) is 14.3 Å². The normalized spacial score (nSPS) is 21.2. The Bertz CT molecular complexity index is 1060. The highest BCUT2D eigenvalue weighted by atomic mass is 35.5. The van der Waals surface area contributed by atoms with Gasteiger partial charge in [0, 0.05) is 47.5 Å². The van der Waals surface area contributed by atoms with E-state index >= 15 is 0 Å². The van der Waals surface area contributed by atoms with Gasteiger partial charge < -0.3 is 15.2 Å². The number of methoxy groups -OCH3 is 1. The molecule has 0 radical (unpaired) electrons. The summed E-state index contributed by atoms with van der Waals surface area (Å²) in [5, 5.41) is 16.2. The monoisotopic (exact) mass is 478 g/mol. The molecule has 7 nitrogen and oxygen atoms in total. The molecule has 0 amide bonds. The largest absolute Gasteiger partial charge is 0.466 e. The highest BCUT2D eigenvalue weighted by Crippen LogP contribution is 2.37. The first-order valence-corrected chi connectivity index (χ1v) is 11.5. The first-order chi connectivity index (χ1) is 15.3. The van der Waals surface area contributed by atoms with Crippen LogP contribution in [0.5, 0.6) is 0 Å². The van der Waals surface area contributed by atoms with Crippen molar-refractivity contribution in [3.05, 3.63) is 62.5 Å². The van der Waals surface area contributed by atoms with Crippen LogP contribution >= 0.6 is 22.9 Å². The third-order valence-electron chi connectivity index (χ3n) is 5.74. The van der Waals surface area contributed by atoms with Gasteiger partial charge in [0.05, 0.1) is 18.3 Å². The van der Waals surface area contributed by atoms with Gasteiger partial charge in [-0.3, -0.25) is 9.89 Å². The number of amidine groups is 1. The van der Waals surface area contributed by atoms with Gasteiger partial charge in [0.25, 0.3) is 0 Å². The van der Waals surface area contributed by atoms with E-state index in [0.29, 0.717) is 60.2 Å². The lowest BCUT2D eigenvalue weighted by atomic mass is 9.92. The Morgan fingerprint density at radius 2 is 2.19 bits per heavy atom. The molecule has 4 rings (SSSR count). The molecule has 32 heavy (non-hydrogen) atoms. The molecular weight excluding hydrogens is 455 g/mol. The SMILES string of the molecule is COC(=O)C1=C(CN2CCC(C)(O)CC2)NC(c2nccs2)=NC1c1ccc(F)cc1Cl. The number of carbonyl (C=O) groups excluding carboxylic acids is 1. The number of aliphatic imine (C=N–C) groups is 1. The summed E-state index contributed by atoms with van der Waals surface area (Å²) in [4.78, 5) is 24.1. The van der Waals surface area contributed by atoms with Crippen LogP contribution in [0.3, 0.4) is 0 Å². The van der Waals surface area contributed by atoms with Gasteiger partial charge in [-0.05, 0) is 31.9 Å². The molecule has 2 N–H and O–H groups in total. The van der Waals surface area contributed by atoms with Crippen LogP contribution in [0.2, 0.25) is 5.02 Å². The number of hydrogen-bond acceptors (Lipinski definition) is 8. The van der Waals surface area contributed by atoms with Crippen molar-refractivity contribution in [2.24, 2.45) is 4.99 Å². The zero-order valence-electron chi connectivity index (χ0n) is 17.8. The summed E-state index contributed by atoms with van der Waals surface area (Å²) in [6.45, 7) is 3.62. The van der Waals surface area contributed by atoms with Crippen LogP contribution in [0.15, 0.2) is 46.0 Å². The van der Waals surface area contributed by atoms with Gasteiger partial charge in [0.1, 0.15) is 11.9 Å². The van der Waals surface area contributed by atoms with Crippen LogP contribution in [0.25, 0.3) is 0 Å². The highest BCUT2D eigenvalue weighted by molar-refractivity contribution is 7.11. The molecule has 0 aliphatic carbocycles. The lowest BCUT2D eigenvalue weighted by Gasteiger charge is -2.37. The number of aliphatic hydroxyl groups is 1. The smallest absolute Gasteiger partial charge is 0.338 e. The fraction of sp³-hybridized carbons (Fsp3) is 0.409. The molecule has 1 unspecified atom stereocenters. The van der Waals surface area contributed by atoms with E-state index in [1.807, 2.05) is 12.3 Å². The van der Waals surface area contributed by atoms with E-state index in [1.165, 1.54) is 36.6 Å². The first kappa shape index (κ1) is 22.8. The molecule has 1 saturated heterocycles. The van der Waals surface area contributed by atoms with Crippen LogP contribution in [-0.2, 0) is 9.53 Å². The van der Waals surface area contributed by atoms with E-state index in [1.54, 1.807) is 6.20 Å². The molecule has 2 aromatic rings. The predicted molar refractivity (Wildman–Crippen MR) is 121 cm³/mol. The van der Waals surface area contributed by atoms with E-state index in [0.717, 1.165) is 0 Å². The number of piperidine rings is 1. The first-order valence-electron chi connectivity index (χ1n) is 10.2. The number of aromatic nitrogens is 1. The third kappa shape index (κ3) is 4.85. The average molecular weight is 479 g/mol. The second kappa shape index (κ2) is 9.27. The summed E-state index contributed by atoms with van der Waals surface area (Å²) in [6.07, 6.45) is 2.94. The van der Waals surface area contributed by atoms with Crippen LogP contribution < -0.4 is 5.32 Å². The summed E-state index contributed by atoms with van der Waals surface area (Å²) in [7, 11) is 1.31. The van der Waals surface area contributed by atoms with Gasteiger partial charge in [-0.15, -0.1) is 11.3 Å². The standard InChI is InChI=1S/C22H24ClFN4O3S/c1-22(30)5-8-28(9-6-22)12-16-17(21(29)31-2)18(14-4-3-13(24)11-15(14)23)27-19(26-16)20-25-7-10-32-20/h3-4,7,10-11,18,30H,5-6,8-9,12H2,1-2H3,(H,26,27). The zero-order chi connectivity index (χ0) is 22.9. The molecule has 0 bridgehead atoms. The van der Waals surface area contributed by atoms with Gasteiger partial charge in [-0.1, -0.05) is 17.7 Å². The highest BCUT2D eigenvalue weighted by Gasteiger charge is 2.35. The Kier molecular flexibility index (Phi) is 6.62. The van der Waals surface area contributed by atoms with Crippen molar-refractivity contribution in [2.75, 3.05) is 26.7 Å². The number of hydrogen-bond donors (Lipinski definition) is 2. The minimum atomic E-state index is -0.779. The Labute approximate surface area is 194 Å². The maximum absolute atomic E-state index is 13.7. The van der Waals surface area contributed by atoms with Crippen molar-refractivity contribution in [3.8, 4) is 0 Å². The van der Waals surface area contributed by atoms with Crippen LogP contribution in [0.4, 0.5) is 4.39 Å². The van der Waals surface area contributed by atoms with Gasteiger partial charge in [-0.25, -0.2) is 14.2 Å². The van der Waals surface area contributed by atoms with Crippen molar-refractivity contribution >= 4 is 34.7 Å². The van der Waals surface area contributed by atoms with E-state index in [-0.39, 0.29) is 5.02 Å². The molecule has 1 fully saturated rings. The van der Waals surface area contributed by atoms with Crippen LogP contribution in [-0.4, -0.2) is 59.1 Å². The van der Waals surface area contributed by atoms with Crippen molar-refractivity contribution in [1.29, 1.82) is 0 Å². The number of carbonyl (C=O) groups is 1. The summed E-state index contributed by atoms with van der Waals surface area (Å²) in [6, 6.07) is 3.26. The summed E-state index contributed by atoms with van der Waals surface area (Å²) < 4.78 is 18.8. The topological polar surface area (TPSA) is 87.0 Å². The molecule has 1 aromatic carbocycles. The molecule has 170 valence electrons. The van der Waals surface area contributed by atoms with Crippen LogP contribution in [0.1, 0.15) is 36.4 Å². The number of likely N-dealkylation sites (tertiary alicyclic amines) is 1. The molecule has 1 aromatic heterocycles. The Balaban J connectivity index is 1.77. The Hall–Kier alpha value is -2.33. The van der Waals surface area contributed by atoms with E-state index in [4.69, 9.17) is 21.3 Å². The molecular formula is C22H24ClFN4O3S. The van der Waals surface area contributed by atoms with Crippen molar-refractivity contribution in [1.82, 2.24) is 15.2 Å². The van der Waals surface area contributed by atoms with Crippen LogP contribution in [0, 0.1) is 5.82 Å². The molecule has 0 spiro atoms. The zero-order valence-corrected chi connectivity index (χ0v) is 19.3. The van der Waals surface area contributed by atoms with Gasteiger partial charge in [0.15, 0.2) is 10.8 Å². The maximum atomic E-state index is 13.7. The Morgan fingerprint density at radius 3 is 2.81 bits per heavy atom. The summed E-state index contributed by atoms with van der Waals surface area (Å²) in [5.41, 5.74) is 0.763. The number of nitrogens with one attached hydrogen (secondary N) is 1. The number of ether oxygens (including phenoxy) is 1. The average Bonchev–Trinajstić information content (AvgIpc) is 3.29. The number of rotatable bonds is 5. The van der Waals surface area contributed by atoms with E-state index in [2.05, 4.69) is 15.2 Å². The minimum Gasteiger partial charge on any atom is -0.466 e. The number of thiazole rings is 1. The Morgan fingerprint density at radius 1 is 1.44 bits per heavy atom. The minimum absolute atomic E-state index is 0.175. The number of nitrogens with zero attached hydrogens (tertiary/aromatic N) is 3. The second-order valence-corrected chi connectivity index (χ2v) is 9.47. The molecule has 0 saturated carbocycles. The third-order valence-corrected chi connectivity index (χ3v) is 6.85. The number of benzene rings is 1. The fourth-order valence-electron chi connectivity index (χ4n) is 3.88. The van der Waals surface area contributed by atoms with Crippen molar-refractivity contribution in [3.63, 3.8) is 0 Å². The number of esters is 1. The fourth-order valence-corrected chi connectivity index (χ4v) is 4.74. The molecule has 3 heterocycles.